The molecule has 0 spiro atoms. The van der Waals surface area contributed by atoms with Crippen LogP contribution in [0.1, 0.15) is 104 Å². The number of aliphatic hydroxyl groups excluding tert-OH is 1. The van der Waals surface area contributed by atoms with E-state index in [1.165, 1.54) is 4.90 Å². The van der Waals surface area contributed by atoms with Crippen LogP contribution in [0, 0.1) is 6.92 Å². The zero-order valence-corrected chi connectivity index (χ0v) is 23.9. The van der Waals surface area contributed by atoms with E-state index in [1.807, 2.05) is 38.1 Å². The summed E-state index contributed by atoms with van der Waals surface area (Å²) in [6.07, 6.45) is 5.79. The molecule has 0 aliphatic heterocycles. The van der Waals surface area contributed by atoms with Crippen molar-refractivity contribution in [1.82, 2.24) is 15.5 Å². The highest BCUT2D eigenvalue weighted by Gasteiger charge is 2.36. The molecule has 0 aliphatic rings. The molecule has 0 radical (unpaired) electrons. The van der Waals surface area contributed by atoms with E-state index in [4.69, 9.17) is 4.74 Å². The van der Waals surface area contributed by atoms with Crippen LogP contribution in [0.3, 0.4) is 0 Å². The minimum atomic E-state index is -1.24. The molecular formula is C29H49N3O5. The molecule has 0 saturated heterocycles. The lowest BCUT2D eigenvalue weighted by Gasteiger charge is -2.35. The number of alkyl carbamates (subject to hydrolysis) is 1. The Bertz CT molecular complexity index is 852. The van der Waals surface area contributed by atoms with Crippen molar-refractivity contribution in [2.75, 3.05) is 13.2 Å². The molecule has 1 aromatic carbocycles. The molecule has 0 fully saturated rings. The van der Waals surface area contributed by atoms with Gasteiger partial charge in [-0.2, -0.15) is 0 Å². The summed E-state index contributed by atoms with van der Waals surface area (Å²) in [5.74, 6) is -0.790. The Hall–Kier alpha value is -2.61. The predicted molar refractivity (Wildman–Crippen MR) is 147 cm³/mol. The van der Waals surface area contributed by atoms with Gasteiger partial charge in [-0.1, -0.05) is 70.2 Å². The first-order valence-electron chi connectivity index (χ1n) is 13.7. The van der Waals surface area contributed by atoms with Crippen LogP contribution in [0.4, 0.5) is 4.79 Å². The highest BCUT2D eigenvalue weighted by Crippen LogP contribution is 2.26. The van der Waals surface area contributed by atoms with E-state index in [2.05, 4.69) is 24.5 Å². The van der Waals surface area contributed by atoms with Gasteiger partial charge in [0.25, 0.3) is 0 Å². The molecule has 3 amide bonds. The Morgan fingerprint density at radius 2 is 1.65 bits per heavy atom. The maximum atomic E-state index is 13.9. The number of benzene rings is 1. The number of carbonyl (C=O) groups excluding carboxylic acids is 3. The average Bonchev–Trinajstić information content (AvgIpc) is 2.81. The third kappa shape index (κ3) is 11.5. The Labute approximate surface area is 223 Å². The monoisotopic (exact) mass is 519 g/mol. The second-order valence-corrected chi connectivity index (χ2v) is 10.8. The lowest BCUT2D eigenvalue weighted by atomic mass is 9.97. The van der Waals surface area contributed by atoms with Crippen molar-refractivity contribution in [3.8, 4) is 0 Å². The normalized spacial score (nSPS) is 13.8. The molecule has 210 valence electrons. The first-order chi connectivity index (χ1) is 17.4. The highest BCUT2D eigenvalue weighted by atomic mass is 16.6. The Kier molecular flexibility index (Phi) is 14.3. The molecule has 0 bridgehead atoms. The van der Waals surface area contributed by atoms with Gasteiger partial charge < -0.3 is 25.4 Å². The molecule has 3 N–H and O–H groups in total. The largest absolute Gasteiger partial charge is 0.444 e. The Balaban J connectivity index is 3.39. The molecule has 3 unspecified atom stereocenters. The van der Waals surface area contributed by atoms with Gasteiger partial charge in [-0.3, -0.25) is 9.59 Å². The number of nitrogens with zero attached hydrogens (tertiary/aromatic N) is 1. The molecule has 3 atom stereocenters. The van der Waals surface area contributed by atoms with Gasteiger partial charge in [0, 0.05) is 12.6 Å². The molecular weight excluding hydrogens is 470 g/mol. The number of aryl methyl sites for hydroxylation is 1. The van der Waals surface area contributed by atoms with Crippen molar-refractivity contribution in [2.45, 2.75) is 117 Å². The van der Waals surface area contributed by atoms with Gasteiger partial charge in [-0.25, -0.2) is 4.79 Å². The minimum absolute atomic E-state index is 0.0564. The average molecular weight is 520 g/mol. The van der Waals surface area contributed by atoms with Crippen LogP contribution in [0.5, 0.6) is 0 Å². The van der Waals surface area contributed by atoms with Crippen molar-refractivity contribution in [2.24, 2.45) is 0 Å². The van der Waals surface area contributed by atoms with E-state index in [-0.39, 0.29) is 11.9 Å². The van der Waals surface area contributed by atoms with Gasteiger partial charge in [0.2, 0.25) is 11.8 Å². The summed E-state index contributed by atoms with van der Waals surface area (Å²) in [6.45, 7) is 12.9. The van der Waals surface area contributed by atoms with Gasteiger partial charge in [0.1, 0.15) is 17.7 Å². The zero-order valence-electron chi connectivity index (χ0n) is 23.9. The highest BCUT2D eigenvalue weighted by molar-refractivity contribution is 5.92. The Morgan fingerprint density at radius 1 is 1.00 bits per heavy atom. The number of hydrogen-bond acceptors (Lipinski definition) is 5. The number of aliphatic hydroxyl groups is 1. The molecule has 8 nitrogen and oxygen atoms in total. The lowest BCUT2D eigenvalue weighted by molar-refractivity contribution is -0.143. The van der Waals surface area contributed by atoms with Crippen LogP contribution >= 0.6 is 0 Å². The SMILES string of the molecule is CCCCCCCN(C(=O)C(CO)NC(=O)OC(C)(C)C)C(C(=O)NC(C)CCC)c1ccccc1C. The second kappa shape index (κ2) is 16.3. The van der Waals surface area contributed by atoms with Crippen molar-refractivity contribution in [3.05, 3.63) is 35.4 Å². The van der Waals surface area contributed by atoms with Gasteiger partial charge in [-0.15, -0.1) is 0 Å². The number of rotatable bonds is 15. The van der Waals surface area contributed by atoms with E-state index in [9.17, 15) is 19.5 Å². The quantitative estimate of drug-likeness (QED) is 0.282. The molecule has 0 heterocycles. The number of unbranched alkanes of at least 4 members (excludes halogenated alkanes) is 4. The van der Waals surface area contributed by atoms with Crippen LogP contribution in [-0.4, -0.2) is 58.8 Å². The number of nitrogens with one attached hydrogen (secondary N) is 2. The third-order valence-electron chi connectivity index (χ3n) is 6.11. The van der Waals surface area contributed by atoms with Crippen LogP contribution in [0.15, 0.2) is 24.3 Å². The molecule has 1 rings (SSSR count). The van der Waals surface area contributed by atoms with Crippen LogP contribution in [0.2, 0.25) is 0 Å². The van der Waals surface area contributed by atoms with Crippen molar-refractivity contribution in [1.29, 1.82) is 0 Å². The van der Waals surface area contributed by atoms with E-state index >= 15 is 0 Å². The van der Waals surface area contributed by atoms with Gasteiger partial charge in [0.15, 0.2) is 0 Å². The molecule has 37 heavy (non-hydrogen) atoms. The van der Waals surface area contributed by atoms with Gasteiger partial charge in [-0.05, 0) is 58.6 Å². The van der Waals surface area contributed by atoms with Crippen molar-refractivity contribution >= 4 is 17.9 Å². The number of amides is 3. The number of carbonyl (C=O) groups is 3. The summed E-state index contributed by atoms with van der Waals surface area (Å²) in [7, 11) is 0. The van der Waals surface area contributed by atoms with E-state index in [1.54, 1.807) is 20.8 Å². The van der Waals surface area contributed by atoms with Gasteiger partial charge in [0.05, 0.1) is 6.61 Å². The summed E-state index contributed by atoms with van der Waals surface area (Å²) >= 11 is 0. The van der Waals surface area contributed by atoms with Crippen LogP contribution in [-0.2, 0) is 14.3 Å². The molecule has 0 saturated carbocycles. The number of hydrogen-bond donors (Lipinski definition) is 3. The lowest BCUT2D eigenvalue weighted by Crippen LogP contribution is -2.55. The fourth-order valence-corrected chi connectivity index (χ4v) is 4.26. The Morgan fingerprint density at radius 3 is 2.22 bits per heavy atom. The van der Waals surface area contributed by atoms with Crippen LogP contribution in [0.25, 0.3) is 0 Å². The van der Waals surface area contributed by atoms with Crippen molar-refractivity contribution < 1.29 is 24.2 Å². The summed E-state index contributed by atoms with van der Waals surface area (Å²) in [4.78, 5) is 41.5. The smallest absolute Gasteiger partial charge is 0.408 e. The number of ether oxygens (including phenoxy) is 1. The van der Waals surface area contributed by atoms with Crippen LogP contribution < -0.4 is 10.6 Å². The maximum Gasteiger partial charge on any atom is 0.408 e. The van der Waals surface area contributed by atoms with Crippen molar-refractivity contribution in [3.63, 3.8) is 0 Å². The fraction of sp³-hybridized carbons (Fsp3) is 0.690. The summed E-state index contributed by atoms with van der Waals surface area (Å²) in [6, 6.07) is 5.33. The first kappa shape index (κ1) is 32.4. The molecule has 0 aliphatic carbocycles. The summed E-state index contributed by atoms with van der Waals surface area (Å²) in [5.41, 5.74) is 0.847. The van der Waals surface area contributed by atoms with E-state index in [0.717, 1.165) is 49.7 Å². The predicted octanol–water partition coefficient (Wildman–Crippen LogP) is 5.03. The fourth-order valence-electron chi connectivity index (χ4n) is 4.26. The van der Waals surface area contributed by atoms with E-state index < -0.39 is 36.3 Å². The summed E-state index contributed by atoms with van der Waals surface area (Å²) in [5, 5.41) is 15.7. The molecule has 8 heteroatoms. The molecule has 1 aromatic rings. The maximum absolute atomic E-state index is 13.9. The summed E-state index contributed by atoms with van der Waals surface area (Å²) < 4.78 is 5.31. The topological polar surface area (TPSA) is 108 Å². The first-order valence-corrected chi connectivity index (χ1v) is 13.7. The standard InChI is InChI=1S/C29H49N3O5/c1-8-10-11-12-15-19-32(27(35)24(20-33)31-28(36)37-29(5,6)7)25(23-18-14-13-17-21(23)3)26(34)30-22(4)16-9-2/h13-14,17-18,22,24-25,33H,8-12,15-16,19-20H2,1-7H3,(H,30,34)(H,31,36). The van der Waals surface area contributed by atoms with Gasteiger partial charge >= 0.3 is 6.09 Å². The second-order valence-electron chi connectivity index (χ2n) is 10.8. The molecule has 0 aromatic heterocycles. The van der Waals surface area contributed by atoms with E-state index in [0.29, 0.717) is 13.0 Å². The third-order valence-corrected chi connectivity index (χ3v) is 6.11. The minimum Gasteiger partial charge on any atom is -0.444 e. The zero-order chi connectivity index (χ0) is 28.0.